The molecule has 0 fully saturated rings. The topological polar surface area (TPSA) is 86.0 Å². The van der Waals surface area contributed by atoms with Gasteiger partial charge in [-0.1, -0.05) is 72.8 Å². The van der Waals surface area contributed by atoms with E-state index in [0.29, 0.717) is 5.56 Å². The standard InChI is InChI=1S/C24H19FN4O3/c25-19-13-7-8-14-20(19)29-24(32)28(16-18-11-5-2-6-12-18)23(31)21(27-29)22(30)26-15-17-9-3-1-4-10-17/h1-14H,15-16H2,(H,26,30). The Hall–Kier alpha value is -4.33. The zero-order valence-corrected chi connectivity index (χ0v) is 16.9. The molecule has 1 aromatic heterocycles. The highest BCUT2D eigenvalue weighted by molar-refractivity contribution is 5.91. The summed E-state index contributed by atoms with van der Waals surface area (Å²) < 4.78 is 16.1. The number of halogens is 1. The van der Waals surface area contributed by atoms with E-state index in [1.807, 2.05) is 30.3 Å². The van der Waals surface area contributed by atoms with E-state index in [9.17, 15) is 18.8 Å². The lowest BCUT2D eigenvalue weighted by atomic mass is 10.2. The van der Waals surface area contributed by atoms with Gasteiger partial charge in [-0.2, -0.15) is 9.78 Å². The van der Waals surface area contributed by atoms with E-state index in [1.165, 1.54) is 24.3 Å². The van der Waals surface area contributed by atoms with Crippen molar-refractivity contribution in [2.75, 3.05) is 0 Å². The monoisotopic (exact) mass is 430 g/mol. The second-order valence-corrected chi connectivity index (χ2v) is 7.04. The van der Waals surface area contributed by atoms with Crippen LogP contribution in [0.1, 0.15) is 21.6 Å². The summed E-state index contributed by atoms with van der Waals surface area (Å²) in [5.74, 6) is -1.46. The quantitative estimate of drug-likeness (QED) is 0.509. The first-order valence-corrected chi connectivity index (χ1v) is 9.89. The maximum atomic E-state index is 14.4. The second kappa shape index (κ2) is 9.22. The molecule has 4 aromatic rings. The summed E-state index contributed by atoms with van der Waals surface area (Å²) in [6.07, 6.45) is 0. The van der Waals surface area contributed by atoms with Crippen LogP contribution in [0.3, 0.4) is 0 Å². The first kappa shape index (κ1) is 20.9. The summed E-state index contributed by atoms with van der Waals surface area (Å²) in [6, 6.07) is 23.5. The van der Waals surface area contributed by atoms with Crippen LogP contribution in [0, 0.1) is 5.82 Å². The molecule has 160 valence electrons. The number of amides is 1. The van der Waals surface area contributed by atoms with Gasteiger partial charge in [0.1, 0.15) is 11.5 Å². The van der Waals surface area contributed by atoms with Crippen LogP contribution in [0.5, 0.6) is 0 Å². The van der Waals surface area contributed by atoms with Gasteiger partial charge in [0.25, 0.3) is 11.5 Å². The number of hydrogen-bond donors (Lipinski definition) is 1. The van der Waals surface area contributed by atoms with Gasteiger partial charge in [0, 0.05) is 6.54 Å². The van der Waals surface area contributed by atoms with Crippen molar-refractivity contribution in [1.29, 1.82) is 0 Å². The molecule has 0 unspecified atom stereocenters. The molecule has 1 heterocycles. The summed E-state index contributed by atoms with van der Waals surface area (Å²) in [4.78, 5) is 38.9. The maximum Gasteiger partial charge on any atom is 0.352 e. The van der Waals surface area contributed by atoms with Gasteiger partial charge in [0.2, 0.25) is 5.69 Å². The van der Waals surface area contributed by atoms with Gasteiger partial charge in [-0.3, -0.25) is 14.2 Å². The van der Waals surface area contributed by atoms with Crippen molar-refractivity contribution in [3.05, 3.63) is 128 Å². The summed E-state index contributed by atoms with van der Waals surface area (Å²) >= 11 is 0. The third-order valence-corrected chi connectivity index (χ3v) is 4.83. The Morgan fingerprint density at radius 2 is 1.44 bits per heavy atom. The fourth-order valence-corrected chi connectivity index (χ4v) is 3.20. The Morgan fingerprint density at radius 1 is 0.844 bits per heavy atom. The molecule has 0 bridgehead atoms. The third-order valence-electron chi connectivity index (χ3n) is 4.83. The minimum atomic E-state index is -0.850. The summed E-state index contributed by atoms with van der Waals surface area (Å²) in [7, 11) is 0. The second-order valence-electron chi connectivity index (χ2n) is 7.04. The van der Waals surface area contributed by atoms with Gasteiger partial charge in [-0.25, -0.2) is 9.18 Å². The van der Waals surface area contributed by atoms with Crippen LogP contribution in [0.2, 0.25) is 0 Å². The third kappa shape index (κ3) is 4.39. The molecule has 0 aliphatic rings. The Bertz CT molecular complexity index is 1370. The number of aromatic nitrogens is 3. The van der Waals surface area contributed by atoms with Crippen molar-refractivity contribution >= 4 is 5.91 Å². The Morgan fingerprint density at radius 3 is 2.09 bits per heavy atom. The largest absolute Gasteiger partial charge is 0.352 e. The predicted molar refractivity (Wildman–Crippen MR) is 117 cm³/mol. The van der Waals surface area contributed by atoms with Gasteiger partial charge >= 0.3 is 5.69 Å². The molecule has 8 heteroatoms. The summed E-state index contributed by atoms with van der Waals surface area (Å²) in [5, 5.41) is 6.57. The molecule has 7 nitrogen and oxygen atoms in total. The minimum absolute atomic E-state index is 0.0888. The van der Waals surface area contributed by atoms with Gasteiger partial charge in [0.15, 0.2) is 0 Å². The summed E-state index contributed by atoms with van der Waals surface area (Å²) in [6.45, 7) is 0.0761. The van der Waals surface area contributed by atoms with Crippen LogP contribution in [0.25, 0.3) is 5.69 Å². The number of benzene rings is 3. The van der Waals surface area contributed by atoms with Crippen molar-refractivity contribution in [3.8, 4) is 5.69 Å². The Balaban J connectivity index is 1.80. The van der Waals surface area contributed by atoms with E-state index >= 15 is 0 Å². The molecule has 32 heavy (non-hydrogen) atoms. The van der Waals surface area contributed by atoms with E-state index < -0.39 is 28.7 Å². The van der Waals surface area contributed by atoms with Gasteiger partial charge in [-0.05, 0) is 23.3 Å². The van der Waals surface area contributed by atoms with Crippen molar-refractivity contribution in [1.82, 2.24) is 19.7 Å². The van der Waals surface area contributed by atoms with E-state index in [2.05, 4.69) is 10.4 Å². The van der Waals surface area contributed by atoms with Crippen molar-refractivity contribution in [2.24, 2.45) is 0 Å². The van der Waals surface area contributed by atoms with E-state index in [0.717, 1.165) is 14.8 Å². The fourth-order valence-electron chi connectivity index (χ4n) is 3.20. The Labute approximate surface area is 182 Å². The van der Waals surface area contributed by atoms with Gasteiger partial charge in [-0.15, -0.1) is 0 Å². The number of nitrogens with zero attached hydrogens (tertiary/aromatic N) is 3. The number of nitrogens with one attached hydrogen (secondary N) is 1. The SMILES string of the molecule is O=C(NCc1ccccc1)c1nn(-c2ccccc2F)c(=O)n(Cc2ccccc2)c1=O. The fraction of sp³-hybridized carbons (Fsp3) is 0.0833. The van der Waals surface area contributed by atoms with Crippen molar-refractivity contribution in [2.45, 2.75) is 13.1 Å². The molecule has 0 aliphatic heterocycles. The van der Waals surface area contributed by atoms with Crippen LogP contribution >= 0.6 is 0 Å². The molecule has 0 atom stereocenters. The van der Waals surface area contributed by atoms with Crippen molar-refractivity contribution in [3.63, 3.8) is 0 Å². The van der Waals surface area contributed by atoms with Crippen LogP contribution in [0.15, 0.2) is 94.5 Å². The van der Waals surface area contributed by atoms with E-state index in [1.54, 1.807) is 30.3 Å². The normalized spacial score (nSPS) is 10.7. The van der Waals surface area contributed by atoms with Crippen LogP contribution < -0.4 is 16.6 Å². The molecule has 4 rings (SSSR count). The molecule has 1 N–H and O–H groups in total. The lowest BCUT2D eigenvalue weighted by Crippen LogP contribution is -2.46. The van der Waals surface area contributed by atoms with Gasteiger partial charge < -0.3 is 5.32 Å². The smallest absolute Gasteiger partial charge is 0.346 e. The highest BCUT2D eigenvalue weighted by Gasteiger charge is 2.21. The molecule has 0 aliphatic carbocycles. The molecule has 0 saturated carbocycles. The number of hydrogen-bond acceptors (Lipinski definition) is 4. The average Bonchev–Trinajstić information content (AvgIpc) is 2.82. The summed E-state index contributed by atoms with van der Waals surface area (Å²) in [5.41, 5.74) is -0.849. The molecular formula is C24H19FN4O3. The average molecular weight is 430 g/mol. The first-order valence-electron chi connectivity index (χ1n) is 9.89. The van der Waals surface area contributed by atoms with Crippen LogP contribution in [-0.4, -0.2) is 20.3 Å². The number of rotatable bonds is 6. The van der Waals surface area contributed by atoms with E-state index in [4.69, 9.17) is 0 Å². The van der Waals surface area contributed by atoms with Crippen LogP contribution in [0.4, 0.5) is 4.39 Å². The number of carbonyl (C=O) groups excluding carboxylic acids is 1. The molecule has 0 spiro atoms. The Kier molecular flexibility index (Phi) is 6.03. The molecular weight excluding hydrogens is 411 g/mol. The molecule has 0 saturated heterocycles. The van der Waals surface area contributed by atoms with Crippen LogP contribution in [-0.2, 0) is 13.1 Å². The highest BCUT2D eigenvalue weighted by atomic mass is 19.1. The molecule has 0 radical (unpaired) electrons. The molecule has 3 aromatic carbocycles. The first-order chi connectivity index (χ1) is 15.5. The van der Waals surface area contributed by atoms with Gasteiger partial charge in [0.05, 0.1) is 6.54 Å². The maximum absolute atomic E-state index is 14.4. The molecule has 1 amide bonds. The number of carbonyl (C=O) groups is 1. The number of para-hydroxylation sites is 1. The van der Waals surface area contributed by atoms with Crippen molar-refractivity contribution < 1.29 is 9.18 Å². The predicted octanol–water partition coefficient (Wildman–Crippen LogP) is 2.51. The highest BCUT2D eigenvalue weighted by Crippen LogP contribution is 2.09. The van der Waals surface area contributed by atoms with E-state index in [-0.39, 0.29) is 18.8 Å². The minimum Gasteiger partial charge on any atom is -0.346 e. The zero-order valence-electron chi connectivity index (χ0n) is 16.9. The zero-order chi connectivity index (χ0) is 22.5. The lowest BCUT2D eigenvalue weighted by molar-refractivity contribution is 0.0941. The lowest BCUT2D eigenvalue weighted by Gasteiger charge is -2.13.